The Hall–Kier alpha value is -6.90. The first-order valence-electron chi connectivity index (χ1n) is 18.0. The normalized spacial score (nSPS) is 16.0. The van der Waals surface area contributed by atoms with Crippen LogP contribution >= 0.6 is 11.3 Å². The van der Waals surface area contributed by atoms with Gasteiger partial charge in [0.1, 0.15) is 5.76 Å². The van der Waals surface area contributed by atoms with Crippen molar-refractivity contribution in [3.8, 4) is 0 Å². The Kier molecular flexibility index (Phi) is 6.87. The van der Waals surface area contributed by atoms with Crippen LogP contribution in [0.25, 0.3) is 55.0 Å². The number of thiophene rings is 1. The van der Waals surface area contributed by atoms with E-state index in [-0.39, 0.29) is 0 Å². The quantitative estimate of drug-likeness (QED) is 0.132. The van der Waals surface area contributed by atoms with Gasteiger partial charge in [-0.15, -0.1) is 11.3 Å². The summed E-state index contributed by atoms with van der Waals surface area (Å²) in [5.41, 5.74) is 11.0. The Morgan fingerprint density at radius 2 is 1.44 bits per heavy atom. The molecule has 0 saturated heterocycles. The van der Waals surface area contributed by atoms with E-state index in [0.717, 1.165) is 94.1 Å². The van der Waals surface area contributed by atoms with Crippen LogP contribution < -0.4 is 0 Å². The van der Waals surface area contributed by atoms with Crippen LogP contribution in [0.15, 0.2) is 168 Å². The number of para-hydroxylation sites is 3. The Labute approximate surface area is 313 Å². The molecule has 0 radical (unpaired) electrons. The number of H-pyrrole nitrogens is 4. The summed E-state index contributed by atoms with van der Waals surface area (Å²) < 4.78 is 6.59. The van der Waals surface area contributed by atoms with Crippen LogP contribution in [0, 0.1) is 0 Å². The van der Waals surface area contributed by atoms with E-state index in [1.54, 1.807) is 17.6 Å². The number of nitrogens with one attached hydrogen (secondary N) is 4. The number of nitrogens with zero attached hydrogens (tertiary/aromatic N) is 2. The van der Waals surface area contributed by atoms with Gasteiger partial charge in [-0.3, -0.25) is 10.1 Å². The molecule has 1 aliphatic carbocycles. The molecule has 0 aliphatic heterocycles. The van der Waals surface area contributed by atoms with E-state index in [9.17, 15) is 0 Å². The van der Waals surface area contributed by atoms with Crippen molar-refractivity contribution in [2.24, 2.45) is 0 Å². The van der Waals surface area contributed by atoms with Gasteiger partial charge in [0.25, 0.3) is 0 Å². The van der Waals surface area contributed by atoms with E-state index in [1.807, 2.05) is 18.5 Å². The molecule has 1 unspecified atom stereocenters. The highest BCUT2D eigenvalue weighted by molar-refractivity contribution is 7.11. The molecule has 11 rings (SSSR count). The predicted octanol–water partition coefficient (Wildman–Crippen LogP) is 11.2. The number of aromatic nitrogens is 6. The van der Waals surface area contributed by atoms with Crippen LogP contribution in [-0.2, 0) is 5.41 Å². The van der Waals surface area contributed by atoms with E-state index in [0.29, 0.717) is 0 Å². The summed E-state index contributed by atoms with van der Waals surface area (Å²) in [5, 5.41) is 14.0. The Morgan fingerprint density at radius 1 is 0.667 bits per heavy atom. The second-order valence-electron chi connectivity index (χ2n) is 13.7. The summed E-state index contributed by atoms with van der Waals surface area (Å²) in [6, 6.07) is 48.8. The standard InChI is InChI=1S/C46H32N6OS/c1-4-14-31-28(11-1)21-22-34(49-31)43-42(45-30-13-3-6-16-33(30)51-52-45)40(35-27-29-12-2-5-15-32(29)50-35)41(37-18-10-26-54-37)44(36-17-9-25-53-36)46(43,38-19-7-23-47-38)39-20-8-24-48-39/h1-27,43,47-48,50H,(H,51,52). The van der Waals surface area contributed by atoms with E-state index < -0.39 is 11.3 Å². The van der Waals surface area contributed by atoms with Crippen LogP contribution in [0.3, 0.4) is 0 Å². The minimum atomic E-state index is -0.926. The average Bonchev–Trinajstić information content (AvgIpc) is 4.08. The molecular weight excluding hydrogens is 685 g/mol. The van der Waals surface area contributed by atoms with Crippen molar-refractivity contribution in [2.75, 3.05) is 0 Å². The van der Waals surface area contributed by atoms with Gasteiger partial charge >= 0.3 is 0 Å². The fourth-order valence-corrected chi connectivity index (χ4v) is 9.55. The number of allylic oxidation sites excluding steroid dienone is 4. The molecule has 54 heavy (non-hydrogen) atoms. The van der Waals surface area contributed by atoms with E-state index in [2.05, 4.69) is 159 Å². The van der Waals surface area contributed by atoms with Gasteiger partial charge in [0.05, 0.1) is 40.0 Å². The monoisotopic (exact) mass is 716 g/mol. The van der Waals surface area contributed by atoms with Crippen molar-refractivity contribution >= 4 is 66.3 Å². The van der Waals surface area contributed by atoms with Crippen LogP contribution in [0.2, 0.25) is 0 Å². The number of rotatable bonds is 7. The minimum absolute atomic E-state index is 0.434. The first-order chi connectivity index (χ1) is 26.8. The van der Waals surface area contributed by atoms with Gasteiger partial charge in [-0.2, -0.15) is 5.10 Å². The zero-order chi connectivity index (χ0) is 35.6. The van der Waals surface area contributed by atoms with Crippen molar-refractivity contribution < 1.29 is 4.42 Å². The fourth-order valence-electron chi connectivity index (χ4n) is 8.77. The molecule has 1 aliphatic rings. The SMILES string of the molecule is c1c[nH]c(C2(c3ccc[nH]3)C(c3ccco3)=C(c3cccs3)C(c3cc4ccccc4[nH]3)=C(c3n[nH]c4ccccc34)C2c2ccc3ccccc3n2)c1. The van der Waals surface area contributed by atoms with E-state index in [1.165, 1.54) is 0 Å². The van der Waals surface area contributed by atoms with Crippen LogP contribution in [0.5, 0.6) is 0 Å². The van der Waals surface area contributed by atoms with Crippen molar-refractivity contribution in [1.82, 2.24) is 30.1 Å². The lowest BCUT2D eigenvalue weighted by Gasteiger charge is -2.47. The molecule has 7 nitrogen and oxygen atoms in total. The molecule has 0 amide bonds. The third-order valence-corrected chi connectivity index (χ3v) is 11.8. The highest BCUT2D eigenvalue weighted by atomic mass is 32.1. The number of hydrogen-bond acceptors (Lipinski definition) is 4. The lowest BCUT2D eigenvalue weighted by Crippen LogP contribution is -2.41. The molecule has 0 saturated carbocycles. The number of fused-ring (bicyclic) bond motifs is 3. The molecule has 0 spiro atoms. The number of furan rings is 1. The molecule has 10 aromatic rings. The largest absolute Gasteiger partial charge is 0.465 e. The Morgan fingerprint density at radius 3 is 2.19 bits per heavy atom. The molecule has 258 valence electrons. The van der Waals surface area contributed by atoms with E-state index in [4.69, 9.17) is 14.5 Å². The summed E-state index contributed by atoms with van der Waals surface area (Å²) in [6.45, 7) is 0. The van der Waals surface area contributed by atoms with Crippen LogP contribution in [0.4, 0.5) is 0 Å². The van der Waals surface area contributed by atoms with Gasteiger partial charge in [0.2, 0.25) is 0 Å². The lowest BCUT2D eigenvalue weighted by atomic mass is 9.55. The second-order valence-corrected chi connectivity index (χ2v) is 14.7. The molecular formula is C46H32N6OS. The Bertz CT molecular complexity index is 2930. The first kappa shape index (κ1) is 30.7. The zero-order valence-electron chi connectivity index (χ0n) is 28.9. The number of hydrogen-bond donors (Lipinski definition) is 4. The molecule has 3 aromatic carbocycles. The Balaban J connectivity index is 1.42. The van der Waals surface area contributed by atoms with Gasteiger partial charge in [0.15, 0.2) is 0 Å². The average molecular weight is 717 g/mol. The number of pyridine rings is 1. The minimum Gasteiger partial charge on any atom is -0.465 e. The molecule has 7 heterocycles. The molecule has 0 fully saturated rings. The maximum Gasteiger partial charge on any atom is 0.131 e. The summed E-state index contributed by atoms with van der Waals surface area (Å²) in [5.74, 6) is 0.337. The van der Waals surface area contributed by atoms with Gasteiger partial charge in [-0.1, -0.05) is 66.7 Å². The number of benzene rings is 3. The summed E-state index contributed by atoms with van der Waals surface area (Å²) in [6.07, 6.45) is 5.79. The molecule has 1 atom stereocenters. The van der Waals surface area contributed by atoms with Crippen molar-refractivity contribution in [3.05, 3.63) is 203 Å². The van der Waals surface area contributed by atoms with Gasteiger partial charge in [0, 0.05) is 78.3 Å². The molecule has 7 aromatic heterocycles. The maximum atomic E-state index is 6.59. The smallest absolute Gasteiger partial charge is 0.131 e. The van der Waals surface area contributed by atoms with Gasteiger partial charge in [-0.05, 0) is 78.2 Å². The molecule has 0 bridgehead atoms. The summed E-state index contributed by atoms with van der Waals surface area (Å²) >= 11 is 1.72. The van der Waals surface area contributed by atoms with Crippen LogP contribution in [-0.4, -0.2) is 30.1 Å². The second kappa shape index (κ2) is 12.1. The van der Waals surface area contributed by atoms with Gasteiger partial charge in [-0.25, -0.2) is 0 Å². The van der Waals surface area contributed by atoms with Crippen LogP contribution in [0.1, 0.15) is 45.0 Å². The topological polar surface area (TPSA) is 102 Å². The van der Waals surface area contributed by atoms with Gasteiger partial charge < -0.3 is 19.4 Å². The third-order valence-electron chi connectivity index (χ3n) is 10.9. The first-order valence-corrected chi connectivity index (χ1v) is 18.9. The van der Waals surface area contributed by atoms with Crippen molar-refractivity contribution in [3.63, 3.8) is 0 Å². The summed E-state index contributed by atoms with van der Waals surface area (Å²) in [4.78, 5) is 18.0. The maximum absolute atomic E-state index is 6.59. The zero-order valence-corrected chi connectivity index (χ0v) is 29.7. The predicted molar refractivity (Wildman–Crippen MR) is 218 cm³/mol. The lowest BCUT2D eigenvalue weighted by molar-refractivity contribution is 0.509. The molecule has 8 heteroatoms. The highest BCUT2D eigenvalue weighted by Crippen LogP contribution is 2.65. The fraction of sp³-hybridized carbons (Fsp3) is 0.0435. The summed E-state index contributed by atoms with van der Waals surface area (Å²) in [7, 11) is 0. The van der Waals surface area contributed by atoms with E-state index >= 15 is 0 Å². The molecule has 4 N–H and O–H groups in total. The van der Waals surface area contributed by atoms with Crippen molar-refractivity contribution in [2.45, 2.75) is 11.3 Å². The number of aromatic amines is 4. The third kappa shape index (κ3) is 4.47. The highest BCUT2D eigenvalue weighted by Gasteiger charge is 2.57. The van der Waals surface area contributed by atoms with Crippen molar-refractivity contribution in [1.29, 1.82) is 0 Å².